The second-order valence-electron chi connectivity index (χ2n) is 6.58. The van der Waals surface area contributed by atoms with Crippen molar-refractivity contribution in [2.24, 2.45) is 0 Å². The number of amides is 2. The van der Waals surface area contributed by atoms with Gasteiger partial charge in [-0.05, 0) is 44.0 Å². The summed E-state index contributed by atoms with van der Waals surface area (Å²) in [7, 11) is 1.64. The fourth-order valence-corrected chi connectivity index (χ4v) is 2.62. The zero-order valence-corrected chi connectivity index (χ0v) is 15.3. The summed E-state index contributed by atoms with van der Waals surface area (Å²) < 4.78 is 5.28. The van der Waals surface area contributed by atoms with Crippen molar-refractivity contribution in [3.63, 3.8) is 0 Å². The lowest BCUT2D eigenvalue weighted by molar-refractivity contribution is -0.129. The van der Waals surface area contributed by atoms with Crippen molar-refractivity contribution in [1.82, 2.24) is 5.32 Å². The Morgan fingerprint density at radius 3 is 2.22 bits per heavy atom. The first kappa shape index (κ1) is 18.6. The third kappa shape index (κ3) is 4.53. The van der Waals surface area contributed by atoms with Gasteiger partial charge in [0.2, 0.25) is 0 Å². The largest absolute Gasteiger partial charge is 0.449 e. The molecule has 0 bridgehead atoms. The van der Waals surface area contributed by atoms with Crippen LogP contribution in [0.5, 0.6) is 0 Å². The smallest absolute Gasteiger partial charge is 0.339 e. The van der Waals surface area contributed by atoms with Crippen LogP contribution in [0.15, 0.2) is 54.6 Å². The maximum Gasteiger partial charge on any atom is 0.339 e. The predicted octanol–water partition coefficient (Wildman–Crippen LogP) is 2.79. The van der Waals surface area contributed by atoms with E-state index in [9.17, 15) is 14.4 Å². The molecule has 0 unspecified atom stereocenters. The van der Waals surface area contributed by atoms with E-state index in [0.29, 0.717) is 5.69 Å². The van der Waals surface area contributed by atoms with Crippen LogP contribution < -0.4 is 10.2 Å². The van der Waals surface area contributed by atoms with Crippen molar-refractivity contribution in [3.8, 4) is 0 Å². The zero-order chi connectivity index (χ0) is 19.4. The first-order valence-corrected chi connectivity index (χ1v) is 8.91. The zero-order valence-electron chi connectivity index (χ0n) is 15.3. The third-order valence-corrected chi connectivity index (χ3v) is 4.40. The molecule has 1 aliphatic rings. The molecule has 1 atom stereocenters. The van der Waals surface area contributed by atoms with Crippen molar-refractivity contribution < 1.29 is 19.1 Å². The second-order valence-corrected chi connectivity index (χ2v) is 6.58. The number of rotatable bonds is 6. The van der Waals surface area contributed by atoms with Gasteiger partial charge in [-0.3, -0.25) is 9.59 Å². The molecule has 0 saturated heterocycles. The Morgan fingerprint density at radius 2 is 1.59 bits per heavy atom. The number of hydrogen-bond acceptors (Lipinski definition) is 4. The molecule has 1 aliphatic carbocycles. The molecule has 0 aromatic heterocycles. The van der Waals surface area contributed by atoms with Crippen LogP contribution in [0.3, 0.4) is 0 Å². The fourth-order valence-electron chi connectivity index (χ4n) is 2.62. The van der Waals surface area contributed by atoms with E-state index in [0.717, 1.165) is 12.8 Å². The molecule has 1 saturated carbocycles. The number of hydrogen-bond donors (Lipinski definition) is 1. The molecule has 1 N–H and O–H groups in total. The average Bonchev–Trinajstić information content (AvgIpc) is 3.51. The molecular formula is C21H22N2O4. The first-order valence-electron chi connectivity index (χ1n) is 8.91. The molecule has 27 heavy (non-hydrogen) atoms. The normalized spacial score (nSPS) is 14.1. The molecule has 0 spiro atoms. The molecule has 0 radical (unpaired) electrons. The fraction of sp³-hybridized carbons (Fsp3) is 0.286. The Hall–Kier alpha value is -3.15. The third-order valence-electron chi connectivity index (χ3n) is 4.40. The van der Waals surface area contributed by atoms with Gasteiger partial charge in [0.25, 0.3) is 11.8 Å². The topological polar surface area (TPSA) is 75.7 Å². The summed E-state index contributed by atoms with van der Waals surface area (Å²) >= 11 is 0. The molecule has 2 amide bonds. The van der Waals surface area contributed by atoms with E-state index in [4.69, 9.17) is 4.74 Å². The van der Waals surface area contributed by atoms with Crippen LogP contribution in [-0.2, 0) is 9.53 Å². The monoisotopic (exact) mass is 366 g/mol. The predicted molar refractivity (Wildman–Crippen MR) is 102 cm³/mol. The van der Waals surface area contributed by atoms with Crippen molar-refractivity contribution >= 4 is 23.5 Å². The van der Waals surface area contributed by atoms with Gasteiger partial charge < -0.3 is 15.0 Å². The van der Waals surface area contributed by atoms with E-state index < -0.39 is 12.1 Å². The SMILES string of the molecule is C[C@@H](OC(=O)c1ccccc1C(=O)N(C)c1ccccc1)C(=O)NC1CC1. The van der Waals surface area contributed by atoms with Crippen LogP contribution in [0, 0.1) is 0 Å². The number of carbonyl (C=O) groups excluding carboxylic acids is 3. The number of esters is 1. The van der Waals surface area contributed by atoms with Crippen LogP contribution in [0.1, 0.15) is 40.5 Å². The summed E-state index contributed by atoms with van der Waals surface area (Å²) in [6, 6.07) is 15.8. The van der Waals surface area contributed by atoms with Crippen LogP contribution in [0.25, 0.3) is 0 Å². The Morgan fingerprint density at radius 1 is 1.00 bits per heavy atom. The van der Waals surface area contributed by atoms with Crippen LogP contribution >= 0.6 is 0 Å². The van der Waals surface area contributed by atoms with Gasteiger partial charge in [-0.25, -0.2) is 4.79 Å². The van der Waals surface area contributed by atoms with E-state index >= 15 is 0 Å². The van der Waals surface area contributed by atoms with Gasteiger partial charge in [-0.1, -0.05) is 30.3 Å². The van der Waals surface area contributed by atoms with E-state index in [1.54, 1.807) is 25.2 Å². The van der Waals surface area contributed by atoms with E-state index in [1.807, 2.05) is 30.3 Å². The number of nitrogens with zero attached hydrogens (tertiary/aromatic N) is 1. The van der Waals surface area contributed by atoms with Gasteiger partial charge in [0.15, 0.2) is 6.10 Å². The quantitative estimate of drug-likeness (QED) is 0.798. The summed E-state index contributed by atoms with van der Waals surface area (Å²) in [6.07, 6.45) is 0.985. The van der Waals surface area contributed by atoms with Crippen molar-refractivity contribution in [3.05, 3.63) is 65.7 Å². The number of anilines is 1. The number of para-hydroxylation sites is 1. The molecule has 0 heterocycles. The Labute approximate surface area is 158 Å². The van der Waals surface area contributed by atoms with Crippen molar-refractivity contribution in [2.45, 2.75) is 31.9 Å². The Bertz CT molecular complexity index is 846. The minimum Gasteiger partial charge on any atom is -0.449 e. The maximum absolute atomic E-state index is 12.9. The lowest BCUT2D eigenvalue weighted by Gasteiger charge is -2.19. The standard InChI is InChI=1S/C21H22N2O4/c1-14(19(24)22-15-12-13-15)27-21(26)18-11-7-6-10-17(18)20(25)23(2)16-8-4-3-5-9-16/h3-11,14-15H,12-13H2,1-2H3,(H,22,24)/t14-/m1/s1. The van der Waals surface area contributed by atoms with Gasteiger partial charge in [-0.15, -0.1) is 0 Å². The Kier molecular flexibility index (Phi) is 5.54. The van der Waals surface area contributed by atoms with Gasteiger partial charge in [0, 0.05) is 18.8 Å². The summed E-state index contributed by atoms with van der Waals surface area (Å²) in [4.78, 5) is 38.9. The molecule has 140 valence electrons. The number of benzene rings is 2. The van der Waals surface area contributed by atoms with Gasteiger partial charge in [0.1, 0.15) is 0 Å². The number of ether oxygens (including phenoxy) is 1. The summed E-state index contributed by atoms with van der Waals surface area (Å²) in [5, 5.41) is 2.80. The van der Waals surface area contributed by atoms with E-state index in [1.165, 1.54) is 17.9 Å². The molecule has 1 fully saturated rings. The average molecular weight is 366 g/mol. The lowest BCUT2D eigenvalue weighted by Crippen LogP contribution is -2.37. The molecule has 2 aromatic rings. The molecular weight excluding hydrogens is 344 g/mol. The summed E-state index contributed by atoms with van der Waals surface area (Å²) in [5.41, 5.74) is 1.07. The molecule has 0 aliphatic heterocycles. The van der Waals surface area contributed by atoms with Crippen molar-refractivity contribution in [1.29, 1.82) is 0 Å². The molecule has 6 heteroatoms. The Balaban J connectivity index is 1.75. The molecule has 2 aromatic carbocycles. The summed E-state index contributed by atoms with van der Waals surface area (Å²) in [6.45, 7) is 1.52. The molecule has 6 nitrogen and oxygen atoms in total. The highest BCUT2D eigenvalue weighted by Crippen LogP contribution is 2.20. The van der Waals surface area contributed by atoms with Crippen LogP contribution in [-0.4, -0.2) is 37.0 Å². The van der Waals surface area contributed by atoms with Gasteiger partial charge in [0.05, 0.1) is 11.1 Å². The van der Waals surface area contributed by atoms with Crippen LogP contribution in [0.4, 0.5) is 5.69 Å². The highest BCUT2D eigenvalue weighted by Gasteiger charge is 2.28. The maximum atomic E-state index is 12.9. The minimum atomic E-state index is -0.923. The number of nitrogens with one attached hydrogen (secondary N) is 1. The van der Waals surface area contributed by atoms with Crippen LogP contribution in [0.2, 0.25) is 0 Å². The van der Waals surface area contributed by atoms with Gasteiger partial charge in [-0.2, -0.15) is 0 Å². The highest BCUT2D eigenvalue weighted by atomic mass is 16.5. The highest BCUT2D eigenvalue weighted by molar-refractivity contribution is 6.12. The van der Waals surface area contributed by atoms with E-state index in [-0.39, 0.29) is 29.0 Å². The lowest BCUT2D eigenvalue weighted by atomic mass is 10.1. The second kappa shape index (κ2) is 8.03. The first-order chi connectivity index (χ1) is 13.0. The summed E-state index contributed by atoms with van der Waals surface area (Å²) in [5.74, 6) is -1.35. The van der Waals surface area contributed by atoms with Crippen molar-refractivity contribution in [2.75, 3.05) is 11.9 Å². The van der Waals surface area contributed by atoms with E-state index in [2.05, 4.69) is 5.32 Å². The van der Waals surface area contributed by atoms with Gasteiger partial charge >= 0.3 is 5.97 Å². The number of carbonyl (C=O) groups is 3. The molecule has 3 rings (SSSR count). The minimum absolute atomic E-state index is 0.136.